The van der Waals surface area contributed by atoms with E-state index in [2.05, 4.69) is 26.0 Å². The maximum atomic E-state index is 12.8. The molecule has 10 heteroatoms. The van der Waals surface area contributed by atoms with E-state index >= 15 is 0 Å². The molecule has 0 aliphatic carbocycles. The van der Waals surface area contributed by atoms with Crippen LogP contribution in [0.1, 0.15) is 232 Å². The van der Waals surface area contributed by atoms with Gasteiger partial charge in [0, 0.05) is 12.8 Å². The van der Waals surface area contributed by atoms with Crippen molar-refractivity contribution in [2.75, 3.05) is 19.8 Å². The van der Waals surface area contributed by atoms with Gasteiger partial charge in [0.25, 0.3) is 0 Å². The molecule has 1 rings (SSSR count). The average Bonchev–Trinajstić information content (AvgIpc) is 3.23. The summed E-state index contributed by atoms with van der Waals surface area (Å²) < 4.78 is 22.2. The summed E-state index contributed by atoms with van der Waals surface area (Å²) >= 11 is 0. The van der Waals surface area contributed by atoms with Crippen LogP contribution in [0.25, 0.3) is 0 Å². The highest BCUT2D eigenvalue weighted by Gasteiger charge is 2.44. The van der Waals surface area contributed by atoms with E-state index < -0.39 is 49.4 Å². The molecule has 0 aromatic rings. The first kappa shape index (κ1) is 55.5. The van der Waals surface area contributed by atoms with Gasteiger partial charge >= 0.3 is 11.9 Å². The molecule has 6 atom stereocenters. The van der Waals surface area contributed by atoms with Crippen LogP contribution < -0.4 is 0 Å². The Kier molecular flexibility index (Phi) is 38.1. The molecule has 2 unspecified atom stereocenters. The average molecular weight is 841 g/mol. The number of hydrogen-bond donors (Lipinski definition) is 4. The summed E-state index contributed by atoms with van der Waals surface area (Å²) in [5.41, 5.74) is 0. The van der Waals surface area contributed by atoms with Crippen molar-refractivity contribution in [1.82, 2.24) is 0 Å². The fourth-order valence-corrected chi connectivity index (χ4v) is 7.71. The van der Waals surface area contributed by atoms with E-state index in [0.29, 0.717) is 6.42 Å². The van der Waals surface area contributed by atoms with Crippen LogP contribution in [-0.2, 0) is 28.5 Å². The summed E-state index contributed by atoms with van der Waals surface area (Å²) in [6.07, 6.45) is 36.5. The van der Waals surface area contributed by atoms with Crippen LogP contribution in [0.15, 0.2) is 12.2 Å². The third kappa shape index (κ3) is 31.9. The topological polar surface area (TPSA) is 152 Å². The molecule has 0 saturated carbocycles. The maximum Gasteiger partial charge on any atom is 0.306 e. The van der Waals surface area contributed by atoms with E-state index in [-0.39, 0.29) is 32.0 Å². The third-order valence-electron chi connectivity index (χ3n) is 11.7. The van der Waals surface area contributed by atoms with Gasteiger partial charge in [-0.2, -0.15) is 0 Å². The molecule has 0 radical (unpaired) electrons. The summed E-state index contributed by atoms with van der Waals surface area (Å²) in [5.74, 6) is -0.803. The molecule has 0 amide bonds. The minimum absolute atomic E-state index is 0.216. The second-order valence-corrected chi connectivity index (χ2v) is 17.3. The van der Waals surface area contributed by atoms with E-state index in [9.17, 15) is 30.0 Å². The lowest BCUT2D eigenvalue weighted by Crippen LogP contribution is -2.59. The number of hydrogen-bond acceptors (Lipinski definition) is 10. The predicted molar refractivity (Wildman–Crippen MR) is 238 cm³/mol. The molecule has 10 nitrogen and oxygen atoms in total. The molecule has 1 saturated heterocycles. The largest absolute Gasteiger partial charge is 0.462 e. The maximum absolute atomic E-state index is 12.8. The van der Waals surface area contributed by atoms with Gasteiger partial charge in [-0.15, -0.1) is 0 Å². The van der Waals surface area contributed by atoms with E-state index in [4.69, 9.17) is 18.9 Å². The molecule has 348 valence electrons. The van der Waals surface area contributed by atoms with Gasteiger partial charge in [-0.1, -0.05) is 193 Å². The molecule has 1 aliphatic rings. The first-order chi connectivity index (χ1) is 28.8. The van der Waals surface area contributed by atoms with Gasteiger partial charge in [0.15, 0.2) is 12.4 Å². The van der Waals surface area contributed by atoms with Gasteiger partial charge in [0.2, 0.25) is 0 Å². The number of aliphatic hydroxyl groups is 4. The van der Waals surface area contributed by atoms with Crippen LogP contribution in [0.4, 0.5) is 0 Å². The van der Waals surface area contributed by atoms with Crippen LogP contribution in [0.3, 0.4) is 0 Å². The molecule has 0 spiro atoms. The predicted octanol–water partition coefficient (Wildman–Crippen LogP) is 11.1. The Balaban J connectivity index is 2.26. The van der Waals surface area contributed by atoms with Crippen molar-refractivity contribution in [1.29, 1.82) is 0 Å². The smallest absolute Gasteiger partial charge is 0.306 e. The molecule has 59 heavy (non-hydrogen) atoms. The Hall–Kier alpha value is -1.56. The fourth-order valence-electron chi connectivity index (χ4n) is 7.71. The quantitative estimate of drug-likeness (QED) is 0.0265. The van der Waals surface area contributed by atoms with Gasteiger partial charge in [-0.25, -0.2) is 0 Å². The van der Waals surface area contributed by atoms with Crippen molar-refractivity contribution >= 4 is 11.9 Å². The van der Waals surface area contributed by atoms with Gasteiger partial charge in [-0.3, -0.25) is 9.59 Å². The summed E-state index contributed by atoms with van der Waals surface area (Å²) in [6, 6.07) is 0. The van der Waals surface area contributed by atoms with Crippen LogP contribution >= 0.6 is 0 Å². The summed E-state index contributed by atoms with van der Waals surface area (Å²) in [4.78, 5) is 25.4. The fraction of sp³-hybridized carbons (Fsp3) is 0.918. The SMILES string of the molecule is CCCCCCC/C=C/CCCCCCCC(=O)OC[C@H](CO[C@@H]1O[C@H](CO)[C@H](O)C(O)C1O)OC(=O)CCCCCCCCCCCCCCCCCCCCCC. The highest BCUT2D eigenvalue weighted by Crippen LogP contribution is 2.23. The number of aliphatic hydroxyl groups excluding tert-OH is 4. The zero-order valence-electron chi connectivity index (χ0n) is 38.0. The van der Waals surface area contributed by atoms with Crippen molar-refractivity contribution in [2.45, 2.75) is 269 Å². The normalized spacial score (nSPS) is 20.0. The Morgan fingerprint density at radius 3 is 1.32 bits per heavy atom. The number of ether oxygens (including phenoxy) is 4. The molecular weight excluding hydrogens is 749 g/mol. The monoisotopic (exact) mass is 841 g/mol. The lowest BCUT2D eigenvalue weighted by Gasteiger charge is -2.39. The van der Waals surface area contributed by atoms with E-state index in [1.807, 2.05) is 0 Å². The summed E-state index contributed by atoms with van der Waals surface area (Å²) in [5, 5.41) is 40.1. The van der Waals surface area contributed by atoms with Crippen LogP contribution in [-0.4, -0.2) is 89.0 Å². The Labute approximate surface area is 361 Å². The van der Waals surface area contributed by atoms with E-state index in [0.717, 1.165) is 57.8 Å². The zero-order chi connectivity index (χ0) is 43.0. The second kappa shape index (κ2) is 40.5. The number of esters is 2. The third-order valence-corrected chi connectivity index (χ3v) is 11.7. The molecule has 1 heterocycles. The van der Waals surface area contributed by atoms with Crippen LogP contribution in [0.5, 0.6) is 0 Å². The van der Waals surface area contributed by atoms with Crippen molar-refractivity contribution in [3.63, 3.8) is 0 Å². The first-order valence-corrected chi connectivity index (χ1v) is 24.8. The highest BCUT2D eigenvalue weighted by molar-refractivity contribution is 5.70. The van der Waals surface area contributed by atoms with Gasteiger partial charge in [0.05, 0.1) is 13.2 Å². The zero-order valence-corrected chi connectivity index (χ0v) is 38.0. The molecule has 4 N–H and O–H groups in total. The van der Waals surface area contributed by atoms with E-state index in [1.165, 1.54) is 141 Å². The van der Waals surface area contributed by atoms with Crippen LogP contribution in [0, 0.1) is 0 Å². The molecule has 0 aromatic carbocycles. The number of allylic oxidation sites excluding steroid dienone is 2. The first-order valence-electron chi connectivity index (χ1n) is 24.8. The molecule has 1 aliphatic heterocycles. The second-order valence-electron chi connectivity index (χ2n) is 17.3. The lowest BCUT2D eigenvalue weighted by molar-refractivity contribution is -0.305. The molecule has 0 bridgehead atoms. The van der Waals surface area contributed by atoms with Crippen molar-refractivity contribution in [3.05, 3.63) is 12.2 Å². The molecular formula is C49H92O10. The van der Waals surface area contributed by atoms with Crippen molar-refractivity contribution in [3.8, 4) is 0 Å². The number of carbonyl (C=O) groups is 2. The molecule has 0 aromatic heterocycles. The minimum Gasteiger partial charge on any atom is -0.462 e. The van der Waals surface area contributed by atoms with Crippen LogP contribution in [0.2, 0.25) is 0 Å². The molecule has 1 fully saturated rings. The summed E-state index contributed by atoms with van der Waals surface area (Å²) in [7, 11) is 0. The highest BCUT2D eigenvalue weighted by atomic mass is 16.7. The number of unbranched alkanes of at least 4 members (excludes halogenated alkanes) is 29. The van der Waals surface area contributed by atoms with E-state index in [1.54, 1.807) is 0 Å². The minimum atomic E-state index is -1.59. The Morgan fingerprint density at radius 2 is 0.898 bits per heavy atom. The Bertz CT molecular complexity index is 974. The lowest BCUT2D eigenvalue weighted by atomic mass is 9.99. The number of carbonyl (C=O) groups excluding carboxylic acids is 2. The number of rotatable bonds is 42. The van der Waals surface area contributed by atoms with Gasteiger partial charge in [-0.05, 0) is 38.5 Å². The van der Waals surface area contributed by atoms with Gasteiger partial charge < -0.3 is 39.4 Å². The summed E-state index contributed by atoms with van der Waals surface area (Å²) in [6.45, 7) is 3.44. The van der Waals surface area contributed by atoms with Crippen molar-refractivity contribution < 1.29 is 49.0 Å². The van der Waals surface area contributed by atoms with Crippen molar-refractivity contribution in [2.24, 2.45) is 0 Å². The standard InChI is InChI=1S/C49H92O10/c1-3-5-7-9-11-13-15-17-19-20-21-22-23-24-26-28-30-32-34-36-38-45(52)58-42(41-57-49-48(55)47(54)46(53)43(39-50)59-49)40-56-44(51)37-35-33-31-29-27-25-18-16-14-12-10-8-6-4-2/h16,18,42-43,46-50,53-55H,3-15,17,19-41H2,1-2H3/b18-16+/t42-,43-,46+,47?,48?,49-/m1/s1. The van der Waals surface area contributed by atoms with Gasteiger partial charge in [0.1, 0.15) is 31.0 Å². The Morgan fingerprint density at radius 1 is 0.508 bits per heavy atom.